The van der Waals surface area contributed by atoms with Gasteiger partial charge in [0.2, 0.25) is 0 Å². The van der Waals surface area contributed by atoms with Crippen LogP contribution in [-0.4, -0.2) is 25.5 Å². The second-order valence-corrected chi connectivity index (χ2v) is 20.7. The smallest absolute Gasteiger partial charge is 0.132 e. The Morgan fingerprint density at radius 3 is 1.00 bits per heavy atom. The Morgan fingerprint density at radius 2 is 0.707 bits per heavy atom. The van der Waals surface area contributed by atoms with Crippen molar-refractivity contribution in [2.45, 2.75) is 171 Å². The number of benzene rings is 6. The van der Waals surface area contributed by atoms with Gasteiger partial charge in [-0.15, -0.1) is 24.5 Å². The summed E-state index contributed by atoms with van der Waals surface area (Å²) in [5.41, 5.74) is 14.9. The van der Waals surface area contributed by atoms with Gasteiger partial charge in [0, 0.05) is 43.6 Å². The number of anilines is 1. The molecule has 0 fully saturated rings. The second-order valence-electron chi connectivity index (χ2n) is 20.7. The van der Waals surface area contributed by atoms with Gasteiger partial charge < -0.3 is 41.4 Å². The van der Waals surface area contributed by atoms with Crippen LogP contribution in [0.4, 0.5) is 17.1 Å². The Balaban J connectivity index is 0.000000551. The third kappa shape index (κ3) is 21.3. The molecule has 6 aromatic rings. The minimum atomic E-state index is -0.122. The van der Waals surface area contributed by atoms with E-state index >= 15 is 0 Å². The van der Waals surface area contributed by atoms with E-state index in [-0.39, 0.29) is 53.0 Å². The number of hydrogen-bond donors (Lipinski definition) is 1. The zero-order chi connectivity index (χ0) is 52.6. The second kappa shape index (κ2) is 36.3. The van der Waals surface area contributed by atoms with Crippen molar-refractivity contribution >= 4 is 22.9 Å². The maximum atomic E-state index is 5.14. The molecule has 0 aliphatic rings. The van der Waals surface area contributed by atoms with Crippen LogP contribution in [0, 0.1) is 14.9 Å². The molecule has 2 atom stereocenters. The van der Waals surface area contributed by atoms with Crippen molar-refractivity contribution in [3.8, 4) is 0 Å². The number of aliphatic imine (C=N–C) groups is 1. The minimum absolute atomic E-state index is 0. The van der Waals surface area contributed by atoms with Gasteiger partial charge in [-0.1, -0.05) is 296 Å². The van der Waals surface area contributed by atoms with E-state index in [0.29, 0.717) is 35.5 Å². The van der Waals surface area contributed by atoms with Gasteiger partial charge in [-0.25, -0.2) is 0 Å². The number of rotatable bonds is 22. The maximum absolute atomic E-state index is 5.14. The standard InChI is InChI=1S/3C22H30N2.2CH3.Hf/c3*1-6-15-23-22(18-11-8-7-9-12-18)24-21-19(16(2)3)13-10-14-20(21)17(4)5;;;/h7-14,16-17H,6,15H2,1-5H3,(H,23,24);2*7-14,16-17,22H,6,15H2,1-5H3;2*1H3;/q;2*-2;2*-1;. The summed E-state index contributed by atoms with van der Waals surface area (Å²) in [5.74, 6) is 3.70. The van der Waals surface area contributed by atoms with E-state index in [1.807, 2.05) is 18.2 Å². The van der Waals surface area contributed by atoms with Crippen LogP contribution < -0.4 is 5.32 Å². The van der Waals surface area contributed by atoms with Crippen molar-refractivity contribution in [2.75, 3.05) is 25.0 Å². The van der Waals surface area contributed by atoms with Crippen molar-refractivity contribution in [1.82, 2.24) is 0 Å². The molecule has 0 aliphatic heterocycles. The van der Waals surface area contributed by atoms with Gasteiger partial charge in [0.15, 0.2) is 0 Å². The molecule has 2 unspecified atom stereocenters. The average molecular weight is 1180 g/mol. The van der Waals surface area contributed by atoms with E-state index in [2.05, 4.69) is 237 Å². The maximum Gasteiger partial charge on any atom is 0.132 e. The molecule has 0 saturated heterocycles. The van der Waals surface area contributed by atoms with Crippen LogP contribution in [0.2, 0.25) is 0 Å². The molecule has 408 valence electrons. The number of nitrogens with one attached hydrogen (secondary N) is 1. The van der Waals surface area contributed by atoms with Gasteiger partial charge in [-0.05, 0) is 53.1 Å². The minimum Gasteiger partial charge on any atom is -0.695 e. The molecule has 6 rings (SSSR count). The molecule has 0 saturated carbocycles. The summed E-state index contributed by atoms with van der Waals surface area (Å²) in [4.78, 5) is 4.81. The Labute approximate surface area is 478 Å². The molecule has 0 amide bonds. The molecule has 0 heterocycles. The third-order valence-electron chi connectivity index (χ3n) is 12.6. The first-order chi connectivity index (χ1) is 34.6. The monoisotopic (exact) mass is 1180 g/mol. The first-order valence-electron chi connectivity index (χ1n) is 27.2. The zero-order valence-corrected chi connectivity index (χ0v) is 53.0. The van der Waals surface area contributed by atoms with Gasteiger partial charge in [0.25, 0.3) is 0 Å². The van der Waals surface area contributed by atoms with Crippen LogP contribution in [0.25, 0.3) is 21.3 Å². The van der Waals surface area contributed by atoms with Gasteiger partial charge in [0.1, 0.15) is 5.84 Å². The summed E-state index contributed by atoms with van der Waals surface area (Å²) >= 11 is 0. The predicted octanol–water partition coefficient (Wildman–Crippen LogP) is 21.9. The quantitative estimate of drug-likeness (QED) is 0.0312. The molecule has 0 aromatic heterocycles. The summed E-state index contributed by atoms with van der Waals surface area (Å²) in [7, 11) is 0. The largest absolute Gasteiger partial charge is 0.695 e. The van der Waals surface area contributed by atoms with Gasteiger partial charge >= 0.3 is 0 Å². The van der Waals surface area contributed by atoms with Crippen LogP contribution in [0.3, 0.4) is 0 Å². The SMILES string of the molecule is CCCN=C(Nc1c(C(C)C)cccc1C(C)C)c1ccccc1.CCC[N-]C([N-]c1c(C(C)C)cccc1C(C)C)c1ccccc1.CCC[N-]C([N-]c1c(C(C)C)cccc1C(C)C)c1ccccc1.[CH3-].[CH3-].[Hf]. The molecule has 0 aliphatic carbocycles. The van der Waals surface area contributed by atoms with E-state index in [1.54, 1.807) is 0 Å². The molecule has 0 spiro atoms. The summed E-state index contributed by atoms with van der Waals surface area (Å²) < 4.78 is 0. The first-order valence-corrected chi connectivity index (χ1v) is 27.2. The van der Waals surface area contributed by atoms with E-state index in [0.717, 1.165) is 61.7 Å². The average Bonchev–Trinajstić information content (AvgIpc) is 3.38. The van der Waals surface area contributed by atoms with Crippen molar-refractivity contribution in [3.63, 3.8) is 0 Å². The molecule has 75 heavy (non-hydrogen) atoms. The van der Waals surface area contributed by atoms with Crippen molar-refractivity contribution < 1.29 is 25.8 Å². The first kappa shape index (κ1) is 68.2. The molecule has 0 bridgehead atoms. The molecule has 7 heteroatoms. The van der Waals surface area contributed by atoms with Crippen molar-refractivity contribution in [3.05, 3.63) is 232 Å². The fourth-order valence-electron chi connectivity index (χ4n) is 8.60. The fourth-order valence-corrected chi connectivity index (χ4v) is 8.60. The molecule has 6 aromatic carbocycles. The summed E-state index contributed by atoms with van der Waals surface area (Å²) in [5, 5.41) is 23.6. The van der Waals surface area contributed by atoms with Crippen LogP contribution in [0.1, 0.15) is 221 Å². The Bertz CT molecular complexity index is 2270. The molecular weight excluding hydrogens is 1080 g/mol. The Morgan fingerprint density at radius 1 is 0.400 bits per heavy atom. The summed E-state index contributed by atoms with van der Waals surface area (Å²) in [6.45, 7) is 35.9. The third-order valence-corrected chi connectivity index (χ3v) is 12.6. The van der Waals surface area contributed by atoms with E-state index < -0.39 is 0 Å². The number of para-hydroxylation sites is 3. The number of hydrogen-bond acceptors (Lipinski definition) is 1. The zero-order valence-electron chi connectivity index (χ0n) is 49.5. The van der Waals surface area contributed by atoms with E-state index in [1.165, 1.54) is 50.2 Å². The summed E-state index contributed by atoms with van der Waals surface area (Å²) in [6.07, 6.45) is 2.89. The summed E-state index contributed by atoms with van der Waals surface area (Å²) in [6, 6.07) is 51.0. The number of nitrogens with zero attached hydrogens (tertiary/aromatic N) is 5. The van der Waals surface area contributed by atoms with Crippen molar-refractivity contribution in [1.29, 1.82) is 0 Å². The van der Waals surface area contributed by atoms with Crippen LogP contribution in [0.15, 0.2) is 151 Å². The predicted molar refractivity (Wildman–Crippen MR) is 330 cm³/mol. The van der Waals surface area contributed by atoms with Gasteiger partial charge in [-0.3, -0.25) is 4.99 Å². The van der Waals surface area contributed by atoms with Gasteiger partial charge in [-0.2, -0.15) is 12.3 Å². The Kier molecular flexibility index (Phi) is 33.0. The number of amidine groups is 1. The van der Waals surface area contributed by atoms with Gasteiger partial charge in [0.05, 0.1) is 0 Å². The molecule has 1 N–H and O–H groups in total. The van der Waals surface area contributed by atoms with Crippen LogP contribution >= 0.6 is 0 Å². The van der Waals surface area contributed by atoms with E-state index in [4.69, 9.17) is 26.3 Å². The topological polar surface area (TPSA) is 80.8 Å². The van der Waals surface area contributed by atoms with E-state index in [9.17, 15) is 0 Å². The van der Waals surface area contributed by atoms with Crippen LogP contribution in [-0.2, 0) is 25.8 Å². The fraction of sp³-hybridized carbons (Fsp3) is 0.426. The molecular formula is C68H96HfN6-6. The normalized spacial score (nSPS) is 11.9. The molecule has 0 radical (unpaired) electrons. The molecule has 6 nitrogen and oxygen atoms in total. The van der Waals surface area contributed by atoms with Crippen molar-refractivity contribution in [2.24, 2.45) is 4.99 Å². The Hall–Kier alpha value is -4.82. The van der Waals surface area contributed by atoms with Crippen LogP contribution in [0.5, 0.6) is 0 Å².